The molecule has 4 aromatic heterocycles. The number of fused-ring (bicyclic) bond motifs is 2. The van der Waals surface area contributed by atoms with Crippen LogP contribution >= 0.6 is 25.7 Å². The van der Waals surface area contributed by atoms with E-state index in [0.717, 1.165) is 0 Å². The van der Waals surface area contributed by atoms with Gasteiger partial charge in [0.2, 0.25) is 0 Å². The van der Waals surface area contributed by atoms with Gasteiger partial charge in [0.25, 0.3) is 0 Å². The number of nitrogens with two attached hydrogens (primary N) is 1. The molecular weight excluding hydrogens is 710 g/mol. The van der Waals surface area contributed by atoms with Gasteiger partial charge in [-0.2, -0.15) is 0 Å². The summed E-state index contributed by atoms with van der Waals surface area (Å²) in [6, 6.07) is 0.0760. The Morgan fingerprint density at radius 2 is 1.54 bits per heavy atom. The van der Waals surface area contributed by atoms with Gasteiger partial charge in [0.05, 0.1) is 32.6 Å². The van der Waals surface area contributed by atoms with Gasteiger partial charge in [0.1, 0.15) is 61.4 Å². The predicted octanol–water partition coefficient (Wildman–Crippen LogP) is 0.618. The zero-order valence-electron chi connectivity index (χ0n) is 26.2. The number of hydrogen-bond donors (Lipinski definition) is 7. The molecular formula is C25H37N10O9P2S2+. The smallest absolute Gasteiger partial charge is 0.325 e. The highest BCUT2D eigenvalue weighted by atomic mass is 32.7. The molecule has 2 saturated heterocycles. The Kier molecular flexibility index (Phi) is 10.2. The van der Waals surface area contributed by atoms with Gasteiger partial charge in [-0.05, 0) is 25.7 Å². The van der Waals surface area contributed by atoms with Crippen LogP contribution in [0.2, 0.25) is 0 Å². The molecule has 4 aromatic rings. The average Bonchev–Trinajstić information content (AvgIpc) is 3.77. The molecule has 0 aromatic carbocycles. The highest BCUT2D eigenvalue weighted by Crippen LogP contribution is 2.58. The normalized spacial score (nSPS) is 29.3. The fourth-order valence-corrected chi connectivity index (χ4v) is 7.55. The number of thiol groups is 1. The van der Waals surface area contributed by atoms with Crippen molar-refractivity contribution >= 4 is 71.4 Å². The van der Waals surface area contributed by atoms with E-state index in [1.165, 1.54) is 34.4 Å². The Bertz CT molecular complexity index is 1810. The van der Waals surface area contributed by atoms with Crippen molar-refractivity contribution in [2.24, 2.45) is 0 Å². The van der Waals surface area contributed by atoms with E-state index in [2.05, 4.69) is 47.5 Å². The molecule has 2 fully saturated rings. The summed E-state index contributed by atoms with van der Waals surface area (Å²) in [6.45, 7) is 0.867. The number of aromatic nitrogens is 8. The second-order valence-electron chi connectivity index (χ2n) is 12.0. The summed E-state index contributed by atoms with van der Waals surface area (Å²) < 4.78 is 32.4. The van der Waals surface area contributed by atoms with Crippen LogP contribution in [0.15, 0.2) is 25.3 Å². The first-order valence-corrected chi connectivity index (χ1v) is 21.1. The van der Waals surface area contributed by atoms with E-state index in [1.54, 1.807) is 0 Å². The summed E-state index contributed by atoms with van der Waals surface area (Å²) in [7, 11) is 0. The lowest BCUT2D eigenvalue weighted by molar-refractivity contribution is -0.0532. The predicted molar refractivity (Wildman–Crippen MR) is 181 cm³/mol. The quantitative estimate of drug-likeness (QED) is 0.0775. The molecule has 23 heteroatoms. The van der Waals surface area contributed by atoms with Gasteiger partial charge >= 0.3 is 6.72 Å². The van der Waals surface area contributed by atoms with Crippen LogP contribution in [0.4, 0.5) is 11.6 Å². The average molecular weight is 748 g/mol. The lowest BCUT2D eigenvalue weighted by atomic mass is 10.1. The van der Waals surface area contributed by atoms with E-state index in [9.17, 15) is 20.2 Å². The van der Waals surface area contributed by atoms with Crippen molar-refractivity contribution in [2.75, 3.05) is 37.6 Å². The van der Waals surface area contributed by atoms with Gasteiger partial charge in [0, 0.05) is 18.3 Å². The van der Waals surface area contributed by atoms with Crippen molar-refractivity contribution in [2.45, 2.75) is 69.0 Å². The van der Waals surface area contributed by atoms with E-state index >= 15 is 0 Å². The minimum Gasteiger partial charge on any atom is -0.387 e. The number of anilines is 2. The van der Waals surface area contributed by atoms with Crippen molar-refractivity contribution in [1.82, 2.24) is 39.0 Å². The Balaban J connectivity index is 1.18. The fraction of sp³-hybridized carbons (Fsp3) is 0.600. The first-order valence-electron chi connectivity index (χ1n) is 14.7. The van der Waals surface area contributed by atoms with E-state index in [1.807, 2.05) is 27.2 Å². The molecule has 7 N–H and O–H groups in total. The maximum absolute atomic E-state index is 11.5. The molecule has 1 unspecified atom stereocenters. The summed E-state index contributed by atoms with van der Waals surface area (Å²) in [5, 5.41) is 36.3. The SMILES string of the molecule is CC(C)Nc1ncnc2c1ncn2[C@@H]1O[C@H](CO[P+](C)(C)S)[C@@H](OP(O)(=S)OC[C@H]2O[C@@H](n3cnc4c(N)ncnc43)[C@H](O)[C@@H]2O)[C@H]1O. The van der Waals surface area contributed by atoms with Crippen molar-refractivity contribution in [1.29, 1.82) is 0 Å². The monoisotopic (exact) mass is 747 g/mol. The van der Waals surface area contributed by atoms with Crippen LogP contribution in [0.3, 0.4) is 0 Å². The summed E-state index contributed by atoms with van der Waals surface area (Å²) in [4.78, 5) is 36.4. The molecule has 0 saturated carbocycles. The van der Waals surface area contributed by atoms with Gasteiger partial charge in [-0.3, -0.25) is 13.7 Å². The molecule has 9 atom stereocenters. The van der Waals surface area contributed by atoms with Gasteiger partial charge < -0.3 is 45.3 Å². The molecule has 0 bridgehead atoms. The first-order chi connectivity index (χ1) is 22.6. The van der Waals surface area contributed by atoms with Gasteiger partial charge in [0.15, 0.2) is 47.6 Å². The number of aliphatic hydroxyl groups is 3. The number of ether oxygens (including phenoxy) is 2. The topological polar surface area (TPSA) is 252 Å². The molecule has 48 heavy (non-hydrogen) atoms. The fourth-order valence-electron chi connectivity index (χ4n) is 5.39. The first kappa shape index (κ1) is 35.6. The van der Waals surface area contributed by atoms with Crippen LogP contribution in [-0.4, -0.2) is 128 Å². The number of aliphatic hydroxyl groups excluding tert-OH is 3. The molecule has 0 aliphatic carbocycles. The highest BCUT2D eigenvalue weighted by molar-refractivity contribution is 8.50. The van der Waals surface area contributed by atoms with Crippen LogP contribution in [0, 0.1) is 0 Å². The number of nitrogens with one attached hydrogen (secondary N) is 1. The lowest BCUT2D eigenvalue weighted by Gasteiger charge is -2.26. The zero-order chi connectivity index (χ0) is 34.5. The molecule has 0 spiro atoms. The minimum absolute atomic E-state index is 0.0507. The second-order valence-corrected chi connectivity index (χ2v) is 20.5. The minimum atomic E-state index is -4.14. The molecule has 19 nitrogen and oxygen atoms in total. The summed E-state index contributed by atoms with van der Waals surface area (Å²) >= 11 is 9.83. The van der Waals surface area contributed by atoms with Gasteiger partial charge in [-0.15, -0.1) is 0 Å². The largest absolute Gasteiger partial charge is 0.387 e. The van der Waals surface area contributed by atoms with Crippen molar-refractivity contribution < 1.29 is 43.3 Å². The van der Waals surface area contributed by atoms with Crippen LogP contribution in [0.25, 0.3) is 22.3 Å². The van der Waals surface area contributed by atoms with Crippen molar-refractivity contribution in [3.05, 3.63) is 25.3 Å². The number of hydrogen-bond acceptors (Lipinski definition) is 18. The van der Waals surface area contributed by atoms with Crippen LogP contribution in [-0.2, 0) is 34.9 Å². The number of nitrogen functional groups attached to an aromatic ring is 1. The van der Waals surface area contributed by atoms with Crippen LogP contribution in [0.5, 0.6) is 0 Å². The van der Waals surface area contributed by atoms with Crippen LogP contribution < -0.4 is 11.1 Å². The summed E-state index contributed by atoms with van der Waals surface area (Å²) in [5.74, 6) is 0.646. The van der Waals surface area contributed by atoms with Crippen LogP contribution in [0.1, 0.15) is 26.3 Å². The number of nitrogens with zero attached hydrogens (tertiary/aromatic N) is 8. The second kappa shape index (κ2) is 13.8. The molecule has 2 aliphatic rings. The third-order valence-electron chi connectivity index (χ3n) is 7.58. The van der Waals surface area contributed by atoms with Gasteiger partial charge in [-0.1, -0.05) is 0 Å². The molecule has 6 heterocycles. The summed E-state index contributed by atoms with van der Waals surface area (Å²) in [5.41, 5.74) is 7.29. The zero-order valence-corrected chi connectivity index (χ0v) is 29.7. The molecule has 2 aliphatic heterocycles. The van der Waals surface area contributed by atoms with E-state index in [-0.39, 0.29) is 24.1 Å². The Hall–Kier alpha value is -2.23. The standard InChI is InChI=1S/C25H36N10O9P2S2/c1-11(2)33-21-15-23(30-8-28-21)35(10-32-15)25-18(38)19(13(43-25)6-40-45(3,4)47)44-46(39,48)41-5-12-16(36)17(37)24(42-12)34-9-31-14-20(26)27-7-29-22(14)34/h7-13,16-19,24-25,36-38,47H,5-6H2,1-4H3,(H3-,26,27,28,29,30,33,39,48)/p+1/t12-,13-,16-,17-,18-,19-,24-,25-,46?/m1/s1. The van der Waals surface area contributed by atoms with E-state index in [4.69, 9.17) is 40.6 Å². The third kappa shape index (κ3) is 7.29. The molecule has 262 valence electrons. The number of imidazole rings is 2. The van der Waals surface area contributed by atoms with E-state index in [0.29, 0.717) is 22.5 Å². The Morgan fingerprint density at radius 3 is 2.21 bits per heavy atom. The van der Waals surface area contributed by atoms with Crippen molar-refractivity contribution in [3.8, 4) is 0 Å². The molecule has 0 radical (unpaired) electrons. The summed E-state index contributed by atoms with van der Waals surface area (Å²) in [6.07, 6.45) is -4.31. The van der Waals surface area contributed by atoms with E-state index < -0.39 is 69.1 Å². The van der Waals surface area contributed by atoms with Crippen molar-refractivity contribution in [3.63, 3.8) is 0 Å². The van der Waals surface area contributed by atoms with Gasteiger partial charge in [-0.25, -0.2) is 34.4 Å². The maximum Gasteiger partial charge on any atom is 0.325 e. The highest BCUT2D eigenvalue weighted by Gasteiger charge is 2.50. The number of rotatable bonds is 12. The molecule has 0 amide bonds. The Morgan fingerprint density at radius 1 is 0.938 bits per heavy atom. The Labute approximate surface area is 285 Å². The third-order valence-corrected chi connectivity index (χ3v) is 10.3. The molecule has 6 rings (SSSR count). The maximum atomic E-state index is 11.5. The lowest BCUT2D eigenvalue weighted by Crippen LogP contribution is -2.36.